The first-order valence-corrected chi connectivity index (χ1v) is 8.94. The Morgan fingerprint density at radius 3 is 2.59 bits per heavy atom. The topological polar surface area (TPSA) is 101 Å². The summed E-state index contributed by atoms with van der Waals surface area (Å²) in [5.41, 5.74) is 2.70. The third kappa shape index (κ3) is 4.69. The molecule has 0 radical (unpaired) electrons. The molecule has 1 atom stereocenters. The molecule has 2 N–H and O–H groups in total. The highest BCUT2D eigenvalue weighted by molar-refractivity contribution is 5.94. The van der Waals surface area contributed by atoms with Crippen LogP contribution < -0.4 is 10.6 Å². The smallest absolute Gasteiger partial charge is 0.269 e. The molecule has 0 bridgehead atoms. The summed E-state index contributed by atoms with van der Waals surface area (Å²) >= 11 is 0. The van der Waals surface area contributed by atoms with E-state index in [1.165, 1.54) is 35.4 Å². The van der Waals surface area contributed by atoms with Crippen molar-refractivity contribution in [2.45, 2.75) is 31.7 Å². The molecule has 0 saturated heterocycles. The summed E-state index contributed by atoms with van der Waals surface area (Å²) < 4.78 is 0. The Morgan fingerprint density at radius 1 is 1.11 bits per heavy atom. The number of amides is 2. The van der Waals surface area contributed by atoms with Crippen LogP contribution in [0.25, 0.3) is 0 Å². The van der Waals surface area contributed by atoms with E-state index in [0.717, 1.165) is 19.3 Å². The number of nitro benzene ring substituents is 1. The molecule has 27 heavy (non-hydrogen) atoms. The molecule has 3 rings (SSSR count). The van der Waals surface area contributed by atoms with Crippen LogP contribution in [0.3, 0.4) is 0 Å². The summed E-state index contributed by atoms with van der Waals surface area (Å²) in [5.74, 6) is -0.471. The molecule has 2 aromatic carbocycles. The molecule has 0 heterocycles. The van der Waals surface area contributed by atoms with E-state index in [1.807, 2.05) is 12.1 Å². The Labute approximate surface area is 156 Å². The molecule has 1 aliphatic rings. The molecular formula is C20H21N3O4. The maximum Gasteiger partial charge on any atom is 0.269 e. The zero-order valence-corrected chi connectivity index (χ0v) is 14.8. The third-order valence-electron chi connectivity index (χ3n) is 4.68. The van der Waals surface area contributed by atoms with Crippen molar-refractivity contribution in [3.05, 3.63) is 75.3 Å². The van der Waals surface area contributed by atoms with Crippen molar-refractivity contribution >= 4 is 17.5 Å². The van der Waals surface area contributed by atoms with Crippen LogP contribution in [-0.2, 0) is 11.2 Å². The Morgan fingerprint density at radius 2 is 1.85 bits per heavy atom. The van der Waals surface area contributed by atoms with Crippen LogP contribution in [0, 0.1) is 10.1 Å². The summed E-state index contributed by atoms with van der Waals surface area (Å²) in [4.78, 5) is 34.4. The lowest BCUT2D eigenvalue weighted by molar-refractivity contribution is -0.384. The Balaban J connectivity index is 1.47. The first-order valence-electron chi connectivity index (χ1n) is 8.94. The van der Waals surface area contributed by atoms with E-state index in [-0.39, 0.29) is 36.5 Å². The van der Waals surface area contributed by atoms with E-state index < -0.39 is 4.92 Å². The number of non-ortho nitro benzene ring substituents is 1. The molecule has 0 saturated carbocycles. The maximum absolute atomic E-state index is 12.2. The SMILES string of the molecule is O=C(CCNC(=O)c1ccc([N+](=O)[O-])cc1)N[C@@H]1CCCc2ccccc21. The number of fused-ring (bicyclic) bond motifs is 1. The highest BCUT2D eigenvalue weighted by Crippen LogP contribution is 2.29. The molecule has 1 aliphatic carbocycles. The van der Waals surface area contributed by atoms with Crippen molar-refractivity contribution in [3.63, 3.8) is 0 Å². The van der Waals surface area contributed by atoms with Gasteiger partial charge in [0, 0.05) is 30.7 Å². The lowest BCUT2D eigenvalue weighted by Crippen LogP contribution is -2.34. The van der Waals surface area contributed by atoms with Crippen molar-refractivity contribution in [3.8, 4) is 0 Å². The fraction of sp³-hybridized carbons (Fsp3) is 0.300. The second-order valence-electron chi connectivity index (χ2n) is 6.52. The van der Waals surface area contributed by atoms with Crippen LogP contribution in [0.2, 0.25) is 0 Å². The minimum absolute atomic E-state index is 0.0211. The zero-order valence-electron chi connectivity index (χ0n) is 14.8. The lowest BCUT2D eigenvalue weighted by atomic mass is 9.88. The van der Waals surface area contributed by atoms with Gasteiger partial charge in [0.2, 0.25) is 5.91 Å². The number of nitrogens with zero attached hydrogens (tertiary/aromatic N) is 1. The number of benzene rings is 2. The summed E-state index contributed by atoms with van der Waals surface area (Å²) in [5, 5.41) is 16.3. The van der Waals surface area contributed by atoms with Gasteiger partial charge in [0.05, 0.1) is 11.0 Å². The van der Waals surface area contributed by atoms with Crippen molar-refractivity contribution in [1.82, 2.24) is 10.6 Å². The van der Waals surface area contributed by atoms with Gasteiger partial charge in [0.15, 0.2) is 0 Å². The maximum atomic E-state index is 12.2. The van der Waals surface area contributed by atoms with E-state index in [1.54, 1.807) is 0 Å². The Kier molecular flexibility index (Phi) is 5.80. The average molecular weight is 367 g/mol. The van der Waals surface area contributed by atoms with Crippen LogP contribution >= 0.6 is 0 Å². The Hall–Kier alpha value is -3.22. The molecule has 2 amide bonds. The predicted molar refractivity (Wildman–Crippen MR) is 100 cm³/mol. The highest BCUT2D eigenvalue weighted by Gasteiger charge is 2.21. The summed E-state index contributed by atoms with van der Waals surface area (Å²) in [6.07, 6.45) is 3.17. The van der Waals surface area contributed by atoms with Crippen LogP contribution in [-0.4, -0.2) is 23.3 Å². The zero-order chi connectivity index (χ0) is 19.2. The average Bonchev–Trinajstić information content (AvgIpc) is 2.68. The fourth-order valence-corrected chi connectivity index (χ4v) is 3.30. The van der Waals surface area contributed by atoms with Gasteiger partial charge in [-0.05, 0) is 42.5 Å². The summed E-state index contributed by atoms with van der Waals surface area (Å²) in [7, 11) is 0. The molecule has 7 nitrogen and oxygen atoms in total. The van der Waals surface area contributed by atoms with Gasteiger partial charge in [-0.15, -0.1) is 0 Å². The molecule has 0 fully saturated rings. The fourth-order valence-electron chi connectivity index (χ4n) is 3.30. The molecule has 0 spiro atoms. The van der Waals surface area contributed by atoms with Gasteiger partial charge in [0.1, 0.15) is 0 Å². The molecule has 0 aliphatic heterocycles. The number of nitro groups is 1. The predicted octanol–water partition coefficient (Wildman–Crippen LogP) is 2.91. The van der Waals surface area contributed by atoms with Crippen molar-refractivity contribution in [2.24, 2.45) is 0 Å². The first-order chi connectivity index (χ1) is 13.0. The van der Waals surface area contributed by atoms with Crippen molar-refractivity contribution in [2.75, 3.05) is 6.54 Å². The van der Waals surface area contributed by atoms with Gasteiger partial charge < -0.3 is 10.6 Å². The number of nitrogens with one attached hydrogen (secondary N) is 2. The van der Waals surface area contributed by atoms with Gasteiger partial charge in [-0.3, -0.25) is 19.7 Å². The first kappa shape index (κ1) is 18.6. The van der Waals surface area contributed by atoms with Gasteiger partial charge in [-0.25, -0.2) is 0 Å². The number of rotatable bonds is 6. The monoisotopic (exact) mass is 367 g/mol. The molecule has 0 aromatic heterocycles. The quantitative estimate of drug-likeness (QED) is 0.605. The van der Waals surface area contributed by atoms with Gasteiger partial charge in [-0.1, -0.05) is 24.3 Å². The number of hydrogen-bond acceptors (Lipinski definition) is 4. The molecule has 140 valence electrons. The van der Waals surface area contributed by atoms with Crippen LogP contribution in [0.15, 0.2) is 48.5 Å². The second-order valence-corrected chi connectivity index (χ2v) is 6.52. The normalized spacial score (nSPS) is 15.5. The highest BCUT2D eigenvalue weighted by atomic mass is 16.6. The molecule has 7 heteroatoms. The molecule has 0 unspecified atom stereocenters. The molecular weight excluding hydrogens is 346 g/mol. The van der Waals surface area contributed by atoms with Crippen LogP contribution in [0.4, 0.5) is 5.69 Å². The largest absolute Gasteiger partial charge is 0.352 e. The lowest BCUT2D eigenvalue weighted by Gasteiger charge is -2.26. The van der Waals surface area contributed by atoms with Crippen LogP contribution in [0.5, 0.6) is 0 Å². The van der Waals surface area contributed by atoms with E-state index >= 15 is 0 Å². The summed E-state index contributed by atoms with van der Waals surface area (Å²) in [6.45, 7) is 0.204. The number of hydrogen-bond donors (Lipinski definition) is 2. The number of carbonyl (C=O) groups excluding carboxylic acids is 2. The summed E-state index contributed by atoms with van der Waals surface area (Å²) in [6, 6.07) is 13.5. The van der Waals surface area contributed by atoms with E-state index in [4.69, 9.17) is 0 Å². The Bertz CT molecular complexity index is 849. The molecule has 2 aromatic rings. The number of aryl methyl sites for hydroxylation is 1. The van der Waals surface area contributed by atoms with E-state index in [2.05, 4.69) is 22.8 Å². The third-order valence-corrected chi connectivity index (χ3v) is 4.68. The number of carbonyl (C=O) groups is 2. The second kappa shape index (κ2) is 8.44. The van der Waals surface area contributed by atoms with Crippen molar-refractivity contribution < 1.29 is 14.5 Å². The minimum atomic E-state index is -0.518. The van der Waals surface area contributed by atoms with Gasteiger partial charge in [0.25, 0.3) is 11.6 Å². The minimum Gasteiger partial charge on any atom is -0.352 e. The standard InChI is InChI=1S/C20H21N3O4/c24-19(22-18-7-3-5-14-4-1-2-6-17(14)18)12-13-21-20(25)15-8-10-16(11-9-15)23(26)27/h1-2,4,6,8-11,18H,3,5,7,12-13H2,(H,21,25)(H,22,24)/t18-/m1/s1. The van der Waals surface area contributed by atoms with Gasteiger partial charge >= 0.3 is 0 Å². The van der Waals surface area contributed by atoms with Crippen LogP contribution in [0.1, 0.15) is 46.8 Å². The van der Waals surface area contributed by atoms with Crippen molar-refractivity contribution in [1.29, 1.82) is 0 Å². The van der Waals surface area contributed by atoms with E-state index in [9.17, 15) is 19.7 Å². The van der Waals surface area contributed by atoms with Gasteiger partial charge in [-0.2, -0.15) is 0 Å². The van der Waals surface area contributed by atoms with E-state index in [0.29, 0.717) is 5.56 Å².